The second-order valence-corrected chi connectivity index (χ2v) is 3.81. The van der Waals surface area contributed by atoms with Crippen LogP contribution in [0.2, 0.25) is 0 Å². The number of hydrogen-bond acceptors (Lipinski definition) is 4. The van der Waals surface area contributed by atoms with E-state index < -0.39 is 5.97 Å². The van der Waals surface area contributed by atoms with E-state index in [1.165, 1.54) is 18.3 Å². The van der Waals surface area contributed by atoms with Gasteiger partial charge in [-0.25, -0.2) is 9.78 Å². The van der Waals surface area contributed by atoms with Crippen LogP contribution in [0.25, 0.3) is 0 Å². The van der Waals surface area contributed by atoms with E-state index in [9.17, 15) is 9.59 Å². The molecule has 0 aliphatic heterocycles. The van der Waals surface area contributed by atoms with E-state index in [0.29, 0.717) is 16.9 Å². The smallest absolute Gasteiger partial charge is 0.354 e. The molecule has 0 saturated carbocycles. The van der Waals surface area contributed by atoms with Crippen LogP contribution in [0.3, 0.4) is 0 Å². The SMILES string of the molecule is Nc1ccc(C(=O)Nc2ccc(C(=O)O)nc2)cc1. The molecule has 2 aromatic rings. The van der Waals surface area contributed by atoms with Crippen LogP contribution in [-0.4, -0.2) is 22.0 Å². The van der Waals surface area contributed by atoms with Gasteiger partial charge in [-0.2, -0.15) is 0 Å². The number of amides is 1. The van der Waals surface area contributed by atoms with Crippen molar-refractivity contribution in [2.24, 2.45) is 0 Å². The van der Waals surface area contributed by atoms with E-state index in [1.54, 1.807) is 24.3 Å². The molecule has 2 rings (SSSR count). The number of nitrogens with two attached hydrogens (primary N) is 1. The molecule has 6 heteroatoms. The average Bonchev–Trinajstić information content (AvgIpc) is 2.40. The maximum atomic E-state index is 11.8. The zero-order valence-electron chi connectivity index (χ0n) is 9.83. The molecule has 0 spiro atoms. The first-order chi connectivity index (χ1) is 9.06. The molecule has 1 aromatic heterocycles. The third kappa shape index (κ3) is 3.06. The van der Waals surface area contributed by atoms with Crippen molar-refractivity contribution in [3.8, 4) is 0 Å². The van der Waals surface area contributed by atoms with E-state index in [1.807, 2.05) is 0 Å². The summed E-state index contributed by atoms with van der Waals surface area (Å²) in [6, 6.07) is 9.25. The maximum absolute atomic E-state index is 11.8. The first kappa shape index (κ1) is 12.6. The van der Waals surface area contributed by atoms with Gasteiger partial charge < -0.3 is 16.2 Å². The molecule has 0 atom stereocenters. The lowest BCUT2D eigenvalue weighted by Crippen LogP contribution is -2.12. The third-order valence-electron chi connectivity index (χ3n) is 2.41. The van der Waals surface area contributed by atoms with Crippen molar-refractivity contribution in [3.05, 3.63) is 53.9 Å². The number of pyridine rings is 1. The minimum Gasteiger partial charge on any atom is -0.477 e. The highest BCUT2D eigenvalue weighted by Crippen LogP contribution is 2.10. The molecule has 0 bridgehead atoms. The molecule has 0 fully saturated rings. The van der Waals surface area contributed by atoms with Gasteiger partial charge in [-0.15, -0.1) is 0 Å². The summed E-state index contributed by atoms with van der Waals surface area (Å²) >= 11 is 0. The van der Waals surface area contributed by atoms with Gasteiger partial charge in [0.05, 0.1) is 11.9 Å². The summed E-state index contributed by atoms with van der Waals surface area (Å²) in [5.41, 5.74) is 6.90. The van der Waals surface area contributed by atoms with Gasteiger partial charge in [0, 0.05) is 11.3 Å². The number of aromatic nitrogens is 1. The Morgan fingerprint density at radius 3 is 2.32 bits per heavy atom. The van der Waals surface area contributed by atoms with Crippen molar-refractivity contribution < 1.29 is 14.7 Å². The number of nitrogens with one attached hydrogen (secondary N) is 1. The van der Waals surface area contributed by atoms with E-state index in [-0.39, 0.29) is 11.6 Å². The molecule has 1 heterocycles. The molecule has 6 nitrogen and oxygen atoms in total. The first-order valence-corrected chi connectivity index (χ1v) is 5.42. The molecular weight excluding hydrogens is 246 g/mol. The largest absolute Gasteiger partial charge is 0.477 e. The van der Waals surface area contributed by atoms with Crippen LogP contribution >= 0.6 is 0 Å². The van der Waals surface area contributed by atoms with Gasteiger partial charge in [-0.1, -0.05) is 0 Å². The van der Waals surface area contributed by atoms with Crippen LogP contribution in [0.5, 0.6) is 0 Å². The Balaban J connectivity index is 2.10. The maximum Gasteiger partial charge on any atom is 0.354 e. The van der Waals surface area contributed by atoms with Crippen molar-refractivity contribution in [1.82, 2.24) is 4.98 Å². The predicted molar refractivity (Wildman–Crippen MR) is 70.0 cm³/mol. The number of benzene rings is 1. The Kier molecular flexibility index (Phi) is 3.42. The van der Waals surface area contributed by atoms with Gasteiger partial charge in [0.15, 0.2) is 0 Å². The number of hydrogen-bond donors (Lipinski definition) is 3. The van der Waals surface area contributed by atoms with Gasteiger partial charge in [0.2, 0.25) is 0 Å². The Hall–Kier alpha value is -2.89. The summed E-state index contributed by atoms with van der Waals surface area (Å²) in [5, 5.41) is 11.3. The summed E-state index contributed by atoms with van der Waals surface area (Å²) in [6.45, 7) is 0. The quantitative estimate of drug-likeness (QED) is 0.724. The number of nitrogens with zero attached hydrogens (tertiary/aromatic N) is 1. The van der Waals surface area contributed by atoms with Crippen LogP contribution in [0, 0.1) is 0 Å². The van der Waals surface area contributed by atoms with E-state index in [4.69, 9.17) is 10.8 Å². The van der Waals surface area contributed by atoms with E-state index in [0.717, 1.165) is 0 Å². The molecule has 1 aromatic carbocycles. The molecule has 4 N–H and O–H groups in total. The Morgan fingerprint density at radius 1 is 1.11 bits per heavy atom. The number of aromatic carboxylic acids is 1. The molecule has 19 heavy (non-hydrogen) atoms. The lowest BCUT2D eigenvalue weighted by Gasteiger charge is -2.05. The van der Waals surface area contributed by atoms with Crippen LogP contribution in [0.1, 0.15) is 20.8 Å². The van der Waals surface area contributed by atoms with Gasteiger partial charge in [0.25, 0.3) is 5.91 Å². The molecule has 0 radical (unpaired) electrons. The monoisotopic (exact) mass is 257 g/mol. The molecule has 96 valence electrons. The Morgan fingerprint density at radius 2 is 1.79 bits per heavy atom. The lowest BCUT2D eigenvalue weighted by molar-refractivity contribution is 0.0690. The number of rotatable bonds is 3. The Bertz CT molecular complexity index is 606. The van der Waals surface area contributed by atoms with Crippen molar-refractivity contribution >= 4 is 23.3 Å². The molecule has 0 aliphatic rings. The van der Waals surface area contributed by atoms with Crippen LogP contribution in [-0.2, 0) is 0 Å². The number of anilines is 2. The minimum absolute atomic E-state index is 0.0783. The molecule has 0 aliphatic carbocycles. The topological polar surface area (TPSA) is 105 Å². The van der Waals surface area contributed by atoms with E-state index in [2.05, 4.69) is 10.3 Å². The van der Waals surface area contributed by atoms with Crippen LogP contribution in [0.15, 0.2) is 42.6 Å². The lowest BCUT2D eigenvalue weighted by atomic mass is 10.2. The standard InChI is InChI=1S/C13H11N3O3/c14-9-3-1-8(2-4-9)12(17)16-10-5-6-11(13(18)19)15-7-10/h1-7H,14H2,(H,16,17)(H,18,19). The van der Waals surface area contributed by atoms with Crippen LogP contribution < -0.4 is 11.1 Å². The second-order valence-electron chi connectivity index (χ2n) is 3.81. The predicted octanol–water partition coefficient (Wildman–Crippen LogP) is 1.61. The van der Waals surface area contributed by atoms with Gasteiger partial charge in [-0.05, 0) is 36.4 Å². The highest BCUT2D eigenvalue weighted by atomic mass is 16.4. The van der Waals surface area contributed by atoms with Crippen molar-refractivity contribution in [1.29, 1.82) is 0 Å². The molecular formula is C13H11N3O3. The van der Waals surface area contributed by atoms with Gasteiger partial charge in [0.1, 0.15) is 5.69 Å². The van der Waals surface area contributed by atoms with Crippen LogP contribution in [0.4, 0.5) is 11.4 Å². The fourth-order valence-electron chi connectivity index (χ4n) is 1.43. The second kappa shape index (κ2) is 5.18. The number of nitrogen functional groups attached to an aromatic ring is 1. The Labute approximate surface area is 108 Å². The minimum atomic E-state index is -1.11. The molecule has 1 amide bonds. The number of carboxylic acid groups (broad SMARTS) is 1. The first-order valence-electron chi connectivity index (χ1n) is 5.42. The van der Waals surface area contributed by atoms with Crippen molar-refractivity contribution in [2.45, 2.75) is 0 Å². The summed E-state index contributed by atoms with van der Waals surface area (Å²) in [5.74, 6) is -1.43. The molecule has 0 saturated heterocycles. The highest BCUT2D eigenvalue weighted by Gasteiger charge is 2.07. The number of carboxylic acids is 1. The fourth-order valence-corrected chi connectivity index (χ4v) is 1.43. The normalized spacial score (nSPS) is 9.89. The number of carbonyl (C=O) groups excluding carboxylic acids is 1. The summed E-state index contributed by atoms with van der Waals surface area (Å²) in [7, 11) is 0. The summed E-state index contributed by atoms with van der Waals surface area (Å²) in [6.07, 6.45) is 1.29. The summed E-state index contributed by atoms with van der Waals surface area (Å²) in [4.78, 5) is 26.2. The van der Waals surface area contributed by atoms with Crippen molar-refractivity contribution in [2.75, 3.05) is 11.1 Å². The average molecular weight is 257 g/mol. The summed E-state index contributed by atoms with van der Waals surface area (Å²) < 4.78 is 0. The third-order valence-corrected chi connectivity index (χ3v) is 2.41. The highest BCUT2D eigenvalue weighted by molar-refractivity contribution is 6.04. The number of carbonyl (C=O) groups is 2. The van der Waals surface area contributed by atoms with E-state index >= 15 is 0 Å². The van der Waals surface area contributed by atoms with Crippen molar-refractivity contribution in [3.63, 3.8) is 0 Å². The molecule has 0 unspecified atom stereocenters. The fraction of sp³-hybridized carbons (Fsp3) is 0. The van der Waals surface area contributed by atoms with Gasteiger partial charge >= 0.3 is 5.97 Å². The zero-order valence-corrected chi connectivity index (χ0v) is 9.83. The van der Waals surface area contributed by atoms with Gasteiger partial charge in [-0.3, -0.25) is 4.79 Å². The zero-order chi connectivity index (χ0) is 13.8.